The maximum atomic E-state index is 6.18. The van der Waals surface area contributed by atoms with Crippen LogP contribution >= 0.6 is 11.6 Å². The van der Waals surface area contributed by atoms with E-state index in [0.29, 0.717) is 10.6 Å². The molecule has 21 heavy (non-hydrogen) atoms. The Bertz CT molecular complexity index is 774. The summed E-state index contributed by atoms with van der Waals surface area (Å²) >= 11 is 6.18. The quantitative estimate of drug-likeness (QED) is 0.561. The highest BCUT2D eigenvalue weighted by Gasteiger charge is 2.21. The van der Waals surface area contributed by atoms with Crippen molar-refractivity contribution in [3.05, 3.63) is 69.9 Å². The third-order valence-electron chi connectivity index (χ3n) is 3.80. The summed E-state index contributed by atoms with van der Waals surface area (Å²) in [5, 5.41) is 1.58. The first-order chi connectivity index (χ1) is 10.1. The van der Waals surface area contributed by atoms with Crippen LogP contribution in [0.25, 0.3) is 11.0 Å². The monoisotopic (exact) mass is 300 g/mol. The standard InChI is InChI=1S/C17H17ClN2O/c1-10-5-3-6-11(2)15(10)16(20-19)14-9-12-7-4-8-13(18)17(12)21-14/h3-9,16,20H,19H2,1-2H3. The Kier molecular flexibility index (Phi) is 3.72. The summed E-state index contributed by atoms with van der Waals surface area (Å²) in [5.74, 6) is 6.55. The Hall–Kier alpha value is -1.81. The van der Waals surface area contributed by atoms with E-state index >= 15 is 0 Å². The van der Waals surface area contributed by atoms with Crippen molar-refractivity contribution in [2.24, 2.45) is 5.84 Å². The number of para-hydroxylation sites is 1. The lowest BCUT2D eigenvalue weighted by molar-refractivity contribution is 0.475. The van der Waals surface area contributed by atoms with Crippen LogP contribution in [0.5, 0.6) is 0 Å². The normalized spacial score (nSPS) is 12.8. The summed E-state index contributed by atoms with van der Waals surface area (Å²) in [7, 11) is 0. The topological polar surface area (TPSA) is 51.2 Å². The molecular formula is C17H17ClN2O. The fraction of sp³-hybridized carbons (Fsp3) is 0.176. The van der Waals surface area contributed by atoms with Crippen molar-refractivity contribution in [3.63, 3.8) is 0 Å². The van der Waals surface area contributed by atoms with Gasteiger partial charge in [0.25, 0.3) is 0 Å². The summed E-state index contributed by atoms with van der Waals surface area (Å²) in [6, 6.07) is 13.7. The third kappa shape index (κ3) is 2.44. The molecule has 1 heterocycles. The summed E-state index contributed by atoms with van der Waals surface area (Å²) < 4.78 is 5.94. The Morgan fingerprint density at radius 2 is 1.76 bits per heavy atom. The number of hydrogen-bond acceptors (Lipinski definition) is 3. The van der Waals surface area contributed by atoms with E-state index < -0.39 is 0 Å². The second-order valence-electron chi connectivity index (χ2n) is 5.21. The minimum absolute atomic E-state index is 0.199. The van der Waals surface area contributed by atoms with Crippen LogP contribution in [0.1, 0.15) is 28.5 Å². The molecule has 4 heteroatoms. The fourth-order valence-electron chi connectivity index (χ4n) is 2.78. The number of hydrogen-bond donors (Lipinski definition) is 2. The van der Waals surface area contributed by atoms with Crippen LogP contribution in [0.4, 0.5) is 0 Å². The number of furan rings is 1. The summed E-state index contributed by atoms with van der Waals surface area (Å²) in [4.78, 5) is 0. The Morgan fingerprint density at radius 3 is 2.38 bits per heavy atom. The minimum Gasteiger partial charge on any atom is -0.457 e. The van der Waals surface area contributed by atoms with Crippen LogP contribution in [0.3, 0.4) is 0 Å². The summed E-state index contributed by atoms with van der Waals surface area (Å²) in [6.45, 7) is 4.14. The van der Waals surface area contributed by atoms with Crippen molar-refractivity contribution in [3.8, 4) is 0 Å². The van der Waals surface area contributed by atoms with Gasteiger partial charge in [0.05, 0.1) is 5.02 Å². The molecule has 0 radical (unpaired) electrons. The highest BCUT2D eigenvalue weighted by Crippen LogP contribution is 2.33. The summed E-state index contributed by atoms with van der Waals surface area (Å²) in [6.07, 6.45) is 0. The maximum absolute atomic E-state index is 6.18. The van der Waals surface area contributed by atoms with Gasteiger partial charge in [-0.05, 0) is 42.7 Å². The first-order valence-corrected chi connectivity index (χ1v) is 7.20. The van der Waals surface area contributed by atoms with Crippen LogP contribution in [-0.4, -0.2) is 0 Å². The molecule has 0 bridgehead atoms. The van der Waals surface area contributed by atoms with Crippen molar-refractivity contribution < 1.29 is 4.42 Å². The summed E-state index contributed by atoms with van der Waals surface area (Å²) in [5.41, 5.74) is 7.03. The van der Waals surface area contributed by atoms with E-state index in [1.807, 2.05) is 30.3 Å². The molecule has 1 unspecified atom stereocenters. The van der Waals surface area contributed by atoms with Gasteiger partial charge in [0.2, 0.25) is 0 Å². The Balaban J connectivity index is 2.16. The van der Waals surface area contributed by atoms with E-state index in [1.54, 1.807) is 0 Å². The Morgan fingerprint density at radius 1 is 1.10 bits per heavy atom. The molecule has 3 aromatic rings. The van der Waals surface area contributed by atoms with Gasteiger partial charge < -0.3 is 4.42 Å². The van der Waals surface area contributed by atoms with Gasteiger partial charge in [0, 0.05) is 5.39 Å². The number of halogens is 1. The lowest BCUT2D eigenvalue weighted by Crippen LogP contribution is -2.29. The molecule has 1 aromatic heterocycles. The van der Waals surface area contributed by atoms with Gasteiger partial charge in [-0.15, -0.1) is 0 Å². The highest BCUT2D eigenvalue weighted by atomic mass is 35.5. The maximum Gasteiger partial charge on any atom is 0.152 e. The molecule has 0 fully saturated rings. The first kappa shape index (κ1) is 14.1. The van der Waals surface area contributed by atoms with Gasteiger partial charge in [-0.25, -0.2) is 5.43 Å². The molecule has 3 nitrogen and oxygen atoms in total. The van der Waals surface area contributed by atoms with Gasteiger partial charge in [-0.1, -0.05) is 41.9 Å². The van der Waals surface area contributed by atoms with Gasteiger partial charge >= 0.3 is 0 Å². The van der Waals surface area contributed by atoms with Crippen LogP contribution in [-0.2, 0) is 0 Å². The second kappa shape index (κ2) is 5.53. The van der Waals surface area contributed by atoms with Crippen LogP contribution < -0.4 is 11.3 Å². The van der Waals surface area contributed by atoms with E-state index in [-0.39, 0.29) is 6.04 Å². The average Bonchev–Trinajstić information content (AvgIpc) is 2.88. The van der Waals surface area contributed by atoms with Gasteiger partial charge in [-0.3, -0.25) is 5.84 Å². The molecule has 0 spiro atoms. The molecule has 0 aliphatic rings. The molecule has 0 saturated carbocycles. The zero-order chi connectivity index (χ0) is 15.0. The molecule has 0 amide bonds. The van der Waals surface area contributed by atoms with Crippen LogP contribution in [0.15, 0.2) is 46.9 Å². The van der Waals surface area contributed by atoms with Crippen molar-refractivity contribution in [2.45, 2.75) is 19.9 Å². The third-order valence-corrected chi connectivity index (χ3v) is 4.09. The van der Waals surface area contributed by atoms with Gasteiger partial charge in [0.15, 0.2) is 5.58 Å². The van der Waals surface area contributed by atoms with E-state index in [0.717, 1.165) is 16.7 Å². The average molecular weight is 301 g/mol. The molecule has 0 aliphatic carbocycles. The molecule has 3 N–H and O–H groups in total. The van der Waals surface area contributed by atoms with Gasteiger partial charge in [-0.2, -0.15) is 0 Å². The molecular weight excluding hydrogens is 284 g/mol. The second-order valence-corrected chi connectivity index (χ2v) is 5.62. The number of fused-ring (bicyclic) bond motifs is 1. The predicted octanol–water partition coefficient (Wildman–Crippen LogP) is 4.26. The number of aryl methyl sites for hydroxylation is 2. The number of benzene rings is 2. The Labute approximate surface area is 128 Å². The van der Waals surface area contributed by atoms with Gasteiger partial charge in [0.1, 0.15) is 11.8 Å². The zero-order valence-corrected chi connectivity index (χ0v) is 12.7. The molecule has 0 aliphatic heterocycles. The molecule has 2 aromatic carbocycles. The minimum atomic E-state index is -0.199. The molecule has 1 atom stereocenters. The largest absolute Gasteiger partial charge is 0.457 e. The van der Waals surface area contributed by atoms with Crippen LogP contribution in [0.2, 0.25) is 5.02 Å². The fourth-order valence-corrected chi connectivity index (χ4v) is 3.00. The van der Waals surface area contributed by atoms with E-state index in [9.17, 15) is 0 Å². The lowest BCUT2D eigenvalue weighted by Gasteiger charge is -2.18. The molecule has 108 valence electrons. The van der Waals surface area contributed by atoms with Crippen molar-refractivity contribution in [1.82, 2.24) is 5.43 Å². The zero-order valence-electron chi connectivity index (χ0n) is 12.0. The van der Waals surface area contributed by atoms with Crippen molar-refractivity contribution in [2.75, 3.05) is 0 Å². The highest BCUT2D eigenvalue weighted by molar-refractivity contribution is 6.34. The number of rotatable bonds is 3. The van der Waals surface area contributed by atoms with Crippen molar-refractivity contribution in [1.29, 1.82) is 0 Å². The predicted molar refractivity (Wildman–Crippen MR) is 86.3 cm³/mol. The molecule has 0 saturated heterocycles. The van der Waals surface area contributed by atoms with Crippen LogP contribution in [0, 0.1) is 13.8 Å². The smallest absolute Gasteiger partial charge is 0.152 e. The first-order valence-electron chi connectivity index (χ1n) is 6.82. The molecule has 3 rings (SSSR count). The van der Waals surface area contributed by atoms with Crippen molar-refractivity contribution >= 4 is 22.6 Å². The number of hydrazine groups is 1. The van der Waals surface area contributed by atoms with E-state index in [2.05, 4.69) is 31.4 Å². The number of nitrogens with two attached hydrogens (primary N) is 1. The number of nitrogens with one attached hydrogen (secondary N) is 1. The SMILES string of the molecule is Cc1cccc(C)c1C(NN)c1cc2cccc(Cl)c2o1. The lowest BCUT2D eigenvalue weighted by atomic mass is 9.95. The van der Waals surface area contributed by atoms with E-state index in [4.69, 9.17) is 21.9 Å². The van der Waals surface area contributed by atoms with E-state index in [1.165, 1.54) is 11.1 Å².